The fraction of sp³-hybridized carbons (Fsp3) is 0.727. The lowest BCUT2D eigenvalue weighted by Gasteiger charge is -2.32. The van der Waals surface area contributed by atoms with Crippen LogP contribution in [0.5, 0.6) is 0 Å². The van der Waals surface area contributed by atoms with Gasteiger partial charge in [-0.2, -0.15) is 4.31 Å². The van der Waals surface area contributed by atoms with Gasteiger partial charge in [0.2, 0.25) is 10.0 Å². The van der Waals surface area contributed by atoms with Crippen molar-refractivity contribution in [2.24, 2.45) is 18.9 Å². The van der Waals surface area contributed by atoms with Crippen LogP contribution >= 0.6 is 0 Å². The second-order valence-corrected chi connectivity index (χ2v) is 10.7. The maximum atomic E-state index is 13.7. The van der Waals surface area contributed by atoms with Gasteiger partial charge >= 0.3 is 5.97 Å². The van der Waals surface area contributed by atoms with Crippen LogP contribution in [0.3, 0.4) is 0 Å². The molecule has 2 aliphatic rings. The first-order valence-corrected chi connectivity index (χ1v) is 12.7. The molecule has 2 saturated heterocycles. The Morgan fingerprint density at radius 3 is 2.13 bits per heavy atom. The Bertz CT molecular complexity index is 937. The minimum atomic E-state index is -3.87. The highest BCUT2D eigenvalue weighted by Crippen LogP contribution is 2.33. The Kier molecular flexibility index (Phi) is 7.15. The number of hydrogen-bond donors (Lipinski definition) is 0. The van der Waals surface area contributed by atoms with E-state index in [1.165, 1.54) is 4.31 Å². The Hall–Kier alpha value is -1.87. The SMILES string of the molecule is CCOC(=O)C1CCN(S(=O)(=O)c2c(C(=O)N3CCC(C)CC3)c(C)n(C)c2C)CC1. The fourth-order valence-electron chi connectivity index (χ4n) is 4.58. The minimum absolute atomic E-state index is 0.116. The van der Waals surface area contributed by atoms with E-state index < -0.39 is 10.0 Å². The number of carbonyl (C=O) groups is 2. The van der Waals surface area contributed by atoms with E-state index in [1.807, 2.05) is 0 Å². The van der Waals surface area contributed by atoms with E-state index in [9.17, 15) is 18.0 Å². The lowest BCUT2D eigenvalue weighted by atomic mass is 9.98. The van der Waals surface area contributed by atoms with Crippen LogP contribution in [0.15, 0.2) is 4.90 Å². The van der Waals surface area contributed by atoms with E-state index in [2.05, 4.69) is 6.92 Å². The van der Waals surface area contributed by atoms with Gasteiger partial charge in [-0.25, -0.2) is 8.42 Å². The summed E-state index contributed by atoms with van der Waals surface area (Å²) in [5.74, 6) is -0.164. The van der Waals surface area contributed by atoms with Crippen LogP contribution in [0.2, 0.25) is 0 Å². The predicted octanol–water partition coefficient (Wildman–Crippen LogP) is 2.48. The number of hydrogen-bond acceptors (Lipinski definition) is 5. The first kappa shape index (κ1) is 23.8. The lowest BCUT2D eigenvalue weighted by Crippen LogP contribution is -2.42. The summed E-state index contributed by atoms with van der Waals surface area (Å²) < 4.78 is 35.6. The quantitative estimate of drug-likeness (QED) is 0.639. The zero-order valence-electron chi connectivity index (χ0n) is 19.3. The molecule has 3 rings (SSSR count). The molecule has 0 aromatic carbocycles. The number of rotatable bonds is 5. The molecule has 2 fully saturated rings. The summed E-state index contributed by atoms with van der Waals surface area (Å²) in [5, 5.41) is 0. The molecule has 0 unspecified atom stereocenters. The normalized spacial score (nSPS) is 19.6. The predicted molar refractivity (Wildman–Crippen MR) is 117 cm³/mol. The maximum Gasteiger partial charge on any atom is 0.309 e. The summed E-state index contributed by atoms with van der Waals surface area (Å²) in [6, 6.07) is 0. The van der Waals surface area contributed by atoms with Crippen molar-refractivity contribution in [1.29, 1.82) is 0 Å². The Morgan fingerprint density at radius 2 is 1.58 bits per heavy atom. The summed E-state index contributed by atoms with van der Waals surface area (Å²) >= 11 is 0. The number of aromatic nitrogens is 1. The Balaban J connectivity index is 1.89. The van der Waals surface area contributed by atoms with E-state index in [4.69, 9.17) is 4.74 Å². The van der Waals surface area contributed by atoms with E-state index in [0.29, 0.717) is 55.4 Å². The summed E-state index contributed by atoms with van der Waals surface area (Å²) in [6.07, 6.45) is 2.71. The third-order valence-electron chi connectivity index (χ3n) is 6.88. The number of piperidine rings is 2. The van der Waals surface area contributed by atoms with Gasteiger partial charge in [-0.3, -0.25) is 9.59 Å². The van der Waals surface area contributed by atoms with Crippen LogP contribution < -0.4 is 0 Å². The van der Waals surface area contributed by atoms with Gasteiger partial charge in [-0.05, 0) is 52.4 Å². The average molecular weight is 454 g/mol. The summed E-state index contributed by atoms with van der Waals surface area (Å²) in [7, 11) is -2.07. The van der Waals surface area contributed by atoms with Crippen molar-refractivity contribution in [2.45, 2.75) is 58.3 Å². The number of ether oxygens (including phenoxy) is 1. The van der Waals surface area contributed by atoms with Gasteiger partial charge in [-0.15, -0.1) is 0 Å². The summed E-state index contributed by atoms with van der Waals surface area (Å²) in [5.41, 5.74) is 1.53. The smallest absolute Gasteiger partial charge is 0.309 e. The molecular weight excluding hydrogens is 418 g/mol. The van der Waals surface area contributed by atoms with Crippen molar-refractivity contribution in [1.82, 2.24) is 13.8 Å². The van der Waals surface area contributed by atoms with Crippen molar-refractivity contribution >= 4 is 21.9 Å². The molecule has 0 aliphatic carbocycles. The average Bonchev–Trinajstić information content (AvgIpc) is 2.98. The molecule has 1 aromatic rings. The van der Waals surface area contributed by atoms with Gasteiger partial charge in [0.1, 0.15) is 4.90 Å². The van der Waals surface area contributed by atoms with Gasteiger partial charge in [0, 0.05) is 44.6 Å². The van der Waals surface area contributed by atoms with Crippen molar-refractivity contribution < 1.29 is 22.7 Å². The molecule has 0 atom stereocenters. The molecule has 3 heterocycles. The molecule has 0 radical (unpaired) electrons. The molecule has 1 amide bonds. The van der Waals surface area contributed by atoms with Crippen molar-refractivity contribution in [3.8, 4) is 0 Å². The summed E-state index contributed by atoms with van der Waals surface area (Å²) in [4.78, 5) is 27.4. The van der Waals surface area contributed by atoms with Crippen LogP contribution in [-0.4, -0.2) is 66.9 Å². The largest absolute Gasteiger partial charge is 0.466 e. The standard InChI is InChI=1S/C22H35N3O5S/c1-6-30-22(27)18-9-13-25(14-10-18)31(28,29)20-17(4)23(5)16(3)19(20)21(26)24-11-7-15(2)8-12-24/h15,18H,6-14H2,1-5H3. The van der Waals surface area contributed by atoms with E-state index in [0.717, 1.165) is 12.8 Å². The molecule has 0 bridgehead atoms. The maximum absolute atomic E-state index is 13.7. The number of likely N-dealkylation sites (tertiary alicyclic amines) is 1. The van der Waals surface area contributed by atoms with Crippen LogP contribution in [-0.2, 0) is 26.6 Å². The molecule has 8 nitrogen and oxygen atoms in total. The molecule has 174 valence electrons. The van der Waals surface area contributed by atoms with Crippen molar-refractivity contribution in [2.75, 3.05) is 32.8 Å². The van der Waals surface area contributed by atoms with Gasteiger partial charge < -0.3 is 14.2 Å². The molecule has 1 aromatic heterocycles. The molecule has 0 N–H and O–H groups in total. The van der Waals surface area contributed by atoms with Gasteiger partial charge in [0.15, 0.2) is 0 Å². The minimum Gasteiger partial charge on any atom is -0.466 e. The molecule has 9 heteroatoms. The van der Waals surface area contributed by atoms with E-state index >= 15 is 0 Å². The highest BCUT2D eigenvalue weighted by molar-refractivity contribution is 7.89. The summed E-state index contributed by atoms with van der Waals surface area (Å²) in [6.45, 7) is 9.60. The second-order valence-electron chi connectivity index (χ2n) is 8.84. The first-order valence-electron chi connectivity index (χ1n) is 11.2. The molecule has 31 heavy (non-hydrogen) atoms. The van der Waals surface area contributed by atoms with Crippen molar-refractivity contribution in [3.05, 3.63) is 17.0 Å². The number of esters is 1. The Labute approximate surface area is 185 Å². The third-order valence-corrected chi connectivity index (χ3v) is 8.94. The molecule has 0 spiro atoms. The number of amides is 1. The molecular formula is C22H35N3O5S. The zero-order valence-corrected chi connectivity index (χ0v) is 20.1. The van der Waals surface area contributed by atoms with Crippen LogP contribution in [0, 0.1) is 25.7 Å². The van der Waals surface area contributed by atoms with Gasteiger partial charge in [-0.1, -0.05) is 6.92 Å². The number of nitrogens with zero attached hydrogens (tertiary/aromatic N) is 3. The fourth-order valence-corrected chi connectivity index (χ4v) is 6.53. The highest BCUT2D eigenvalue weighted by atomic mass is 32.2. The highest BCUT2D eigenvalue weighted by Gasteiger charge is 2.39. The second kappa shape index (κ2) is 9.32. The van der Waals surface area contributed by atoms with E-state index in [1.54, 1.807) is 37.3 Å². The lowest BCUT2D eigenvalue weighted by molar-refractivity contribution is -0.149. The number of carbonyl (C=O) groups excluding carboxylic acids is 2. The van der Waals surface area contributed by atoms with Crippen molar-refractivity contribution in [3.63, 3.8) is 0 Å². The zero-order chi connectivity index (χ0) is 22.9. The van der Waals surface area contributed by atoms with Crippen LogP contribution in [0.25, 0.3) is 0 Å². The van der Waals surface area contributed by atoms with Crippen LogP contribution in [0.1, 0.15) is 61.3 Å². The molecule has 2 aliphatic heterocycles. The Morgan fingerprint density at radius 1 is 1.00 bits per heavy atom. The topological polar surface area (TPSA) is 88.9 Å². The van der Waals surface area contributed by atoms with Gasteiger partial charge in [0.25, 0.3) is 5.91 Å². The van der Waals surface area contributed by atoms with Crippen LogP contribution in [0.4, 0.5) is 0 Å². The monoisotopic (exact) mass is 453 g/mol. The van der Waals surface area contributed by atoms with E-state index in [-0.39, 0.29) is 35.8 Å². The van der Waals surface area contributed by atoms with Gasteiger partial charge in [0.05, 0.1) is 18.1 Å². The molecule has 0 saturated carbocycles. The number of sulfonamides is 1. The third kappa shape index (κ3) is 4.53. The first-order chi connectivity index (χ1) is 14.6.